The highest BCUT2D eigenvalue weighted by Crippen LogP contribution is 2.19. The summed E-state index contributed by atoms with van der Waals surface area (Å²) in [7, 11) is 0. The highest BCUT2D eigenvalue weighted by Gasteiger charge is 2.12. The van der Waals surface area contributed by atoms with Crippen molar-refractivity contribution in [3.8, 4) is 0 Å². The van der Waals surface area contributed by atoms with Crippen LogP contribution in [0.4, 0.5) is 0 Å². The summed E-state index contributed by atoms with van der Waals surface area (Å²) in [6.45, 7) is 2.36. The van der Waals surface area contributed by atoms with Gasteiger partial charge in [0.15, 0.2) is 17.1 Å². The molecule has 0 spiro atoms. The van der Waals surface area contributed by atoms with Gasteiger partial charge in [-0.25, -0.2) is 9.97 Å². The molecule has 0 bridgehead atoms. The first-order valence-electron chi connectivity index (χ1n) is 8.75. The summed E-state index contributed by atoms with van der Waals surface area (Å²) in [6, 6.07) is 12.8. The first kappa shape index (κ1) is 16.3. The standard InChI is InChI=1S/C20H19N3O3/c1-2-3-8-18-23-15-11-13(9-10-17(15)25-18)20(24)21-12-19-22-14-6-4-5-7-16(14)26-19/h4-7,9-11H,2-3,8,12H2,1H3,(H,21,24). The minimum atomic E-state index is -0.202. The van der Waals surface area contributed by atoms with E-state index in [1.807, 2.05) is 24.3 Å². The molecule has 1 N–H and O–H groups in total. The molecule has 0 radical (unpaired) electrons. The second-order valence-corrected chi connectivity index (χ2v) is 6.15. The van der Waals surface area contributed by atoms with E-state index in [4.69, 9.17) is 8.83 Å². The number of benzene rings is 2. The second kappa shape index (κ2) is 7.00. The van der Waals surface area contributed by atoms with Gasteiger partial charge in [0.2, 0.25) is 5.89 Å². The molecule has 26 heavy (non-hydrogen) atoms. The summed E-state index contributed by atoms with van der Waals surface area (Å²) in [4.78, 5) is 21.2. The van der Waals surface area contributed by atoms with E-state index in [-0.39, 0.29) is 12.5 Å². The molecular formula is C20H19N3O3. The van der Waals surface area contributed by atoms with Crippen LogP contribution in [0.2, 0.25) is 0 Å². The van der Waals surface area contributed by atoms with Gasteiger partial charge in [0.25, 0.3) is 5.91 Å². The smallest absolute Gasteiger partial charge is 0.251 e. The summed E-state index contributed by atoms with van der Waals surface area (Å²) in [5.74, 6) is 0.988. The summed E-state index contributed by atoms with van der Waals surface area (Å²) in [5.41, 5.74) is 3.42. The summed E-state index contributed by atoms with van der Waals surface area (Å²) >= 11 is 0. The van der Waals surface area contributed by atoms with Gasteiger partial charge in [-0.2, -0.15) is 0 Å². The summed E-state index contributed by atoms with van der Waals surface area (Å²) in [6.07, 6.45) is 2.93. The van der Waals surface area contributed by atoms with Crippen LogP contribution < -0.4 is 5.32 Å². The lowest BCUT2D eigenvalue weighted by Gasteiger charge is -2.02. The third-order valence-corrected chi connectivity index (χ3v) is 4.18. The molecule has 0 saturated heterocycles. The number of nitrogens with one attached hydrogen (secondary N) is 1. The Bertz CT molecular complexity index is 1030. The average Bonchev–Trinajstić information content (AvgIpc) is 3.26. The van der Waals surface area contributed by atoms with Gasteiger partial charge in [-0.3, -0.25) is 4.79 Å². The van der Waals surface area contributed by atoms with Crippen molar-refractivity contribution in [2.75, 3.05) is 0 Å². The Balaban J connectivity index is 1.46. The van der Waals surface area contributed by atoms with Gasteiger partial charge in [-0.05, 0) is 36.8 Å². The van der Waals surface area contributed by atoms with Gasteiger partial charge in [-0.1, -0.05) is 25.5 Å². The van der Waals surface area contributed by atoms with Gasteiger partial charge in [-0.15, -0.1) is 0 Å². The van der Waals surface area contributed by atoms with Crippen molar-refractivity contribution < 1.29 is 13.6 Å². The largest absolute Gasteiger partial charge is 0.441 e. The minimum Gasteiger partial charge on any atom is -0.441 e. The Morgan fingerprint density at radius 1 is 1.00 bits per heavy atom. The maximum absolute atomic E-state index is 12.4. The number of carbonyl (C=O) groups is 1. The lowest BCUT2D eigenvalue weighted by Crippen LogP contribution is -2.22. The Morgan fingerprint density at radius 2 is 1.77 bits per heavy atom. The van der Waals surface area contributed by atoms with Gasteiger partial charge in [0.05, 0.1) is 6.54 Å². The Morgan fingerprint density at radius 3 is 2.62 bits per heavy atom. The average molecular weight is 349 g/mol. The van der Waals surface area contributed by atoms with Crippen LogP contribution in [0.25, 0.3) is 22.2 Å². The van der Waals surface area contributed by atoms with Crippen molar-refractivity contribution >= 4 is 28.1 Å². The zero-order valence-corrected chi connectivity index (χ0v) is 14.5. The number of aryl methyl sites for hydroxylation is 1. The molecule has 0 aliphatic rings. The Kier molecular flexibility index (Phi) is 4.39. The van der Waals surface area contributed by atoms with Crippen molar-refractivity contribution in [2.45, 2.75) is 32.7 Å². The molecule has 4 rings (SSSR count). The van der Waals surface area contributed by atoms with Crippen molar-refractivity contribution in [3.05, 3.63) is 59.8 Å². The molecular weight excluding hydrogens is 330 g/mol. The molecule has 0 fully saturated rings. The predicted molar refractivity (Wildman–Crippen MR) is 97.8 cm³/mol. The normalized spacial score (nSPS) is 11.3. The lowest BCUT2D eigenvalue weighted by molar-refractivity contribution is 0.0947. The molecule has 4 aromatic rings. The van der Waals surface area contributed by atoms with Crippen molar-refractivity contribution in [3.63, 3.8) is 0 Å². The van der Waals surface area contributed by atoms with E-state index in [2.05, 4.69) is 22.2 Å². The van der Waals surface area contributed by atoms with Crippen molar-refractivity contribution in [1.29, 1.82) is 0 Å². The molecule has 0 atom stereocenters. The molecule has 0 unspecified atom stereocenters. The van der Waals surface area contributed by atoms with Crippen LogP contribution >= 0.6 is 0 Å². The zero-order valence-electron chi connectivity index (χ0n) is 14.5. The van der Waals surface area contributed by atoms with Crippen LogP contribution in [0, 0.1) is 0 Å². The Labute approximate surface area is 150 Å². The van der Waals surface area contributed by atoms with E-state index in [0.29, 0.717) is 34.0 Å². The number of oxazole rings is 2. The minimum absolute atomic E-state index is 0.202. The van der Waals surface area contributed by atoms with Gasteiger partial charge in [0.1, 0.15) is 11.0 Å². The maximum Gasteiger partial charge on any atom is 0.251 e. The quantitative estimate of drug-likeness (QED) is 0.563. The van der Waals surface area contributed by atoms with Crippen LogP contribution in [-0.2, 0) is 13.0 Å². The number of para-hydroxylation sites is 2. The lowest BCUT2D eigenvalue weighted by atomic mass is 10.2. The van der Waals surface area contributed by atoms with Crippen molar-refractivity contribution in [1.82, 2.24) is 15.3 Å². The molecule has 1 amide bonds. The van der Waals surface area contributed by atoms with E-state index in [1.165, 1.54) is 0 Å². The molecule has 2 aromatic carbocycles. The molecule has 2 aromatic heterocycles. The highest BCUT2D eigenvalue weighted by molar-refractivity contribution is 5.97. The predicted octanol–water partition coefficient (Wildman–Crippen LogP) is 4.24. The highest BCUT2D eigenvalue weighted by atomic mass is 16.4. The van der Waals surface area contributed by atoms with E-state index in [9.17, 15) is 4.79 Å². The molecule has 0 saturated carbocycles. The number of hydrogen-bond donors (Lipinski definition) is 1. The fraction of sp³-hybridized carbons (Fsp3) is 0.250. The number of hydrogen-bond acceptors (Lipinski definition) is 5. The SMILES string of the molecule is CCCCc1nc2cc(C(=O)NCc3nc4ccccc4o3)ccc2o1. The second-order valence-electron chi connectivity index (χ2n) is 6.15. The number of carbonyl (C=O) groups excluding carboxylic acids is 1. The van der Waals surface area contributed by atoms with Gasteiger partial charge < -0.3 is 14.2 Å². The fourth-order valence-corrected chi connectivity index (χ4v) is 2.80. The Hall–Kier alpha value is -3.15. The third kappa shape index (κ3) is 3.31. The number of amides is 1. The molecule has 132 valence electrons. The number of aromatic nitrogens is 2. The first-order valence-corrected chi connectivity index (χ1v) is 8.75. The van der Waals surface area contributed by atoms with E-state index in [0.717, 1.165) is 24.8 Å². The molecule has 0 aliphatic heterocycles. The zero-order chi connectivity index (χ0) is 17.9. The van der Waals surface area contributed by atoms with Crippen LogP contribution in [0.3, 0.4) is 0 Å². The molecule has 0 aliphatic carbocycles. The van der Waals surface area contributed by atoms with E-state index >= 15 is 0 Å². The van der Waals surface area contributed by atoms with E-state index < -0.39 is 0 Å². The third-order valence-electron chi connectivity index (χ3n) is 4.18. The fourth-order valence-electron chi connectivity index (χ4n) is 2.80. The van der Waals surface area contributed by atoms with Crippen LogP contribution in [0.5, 0.6) is 0 Å². The molecule has 2 heterocycles. The summed E-state index contributed by atoms with van der Waals surface area (Å²) < 4.78 is 11.3. The van der Waals surface area contributed by atoms with Gasteiger partial charge in [0, 0.05) is 12.0 Å². The van der Waals surface area contributed by atoms with Crippen LogP contribution in [0.1, 0.15) is 41.9 Å². The summed E-state index contributed by atoms with van der Waals surface area (Å²) in [5, 5.41) is 2.83. The maximum atomic E-state index is 12.4. The molecule has 6 nitrogen and oxygen atoms in total. The monoisotopic (exact) mass is 349 g/mol. The molecule has 6 heteroatoms. The van der Waals surface area contributed by atoms with Crippen LogP contribution in [-0.4, -0.2) is 15.9 Å². The number of nitrogens with zero attached hydrogens (tertiary/aromatic N) is 2. The number of fused-ring (bicyclic) bond motifs is 2. The van der Waals surface area contributed by atoms with Crippen LogP contribution in [0.15, 0.2) is 51.3 Å². The number of rotatable bonds is 6. The topological polar surface area (TPSA) is 81.2 Å². The van der Waals surface area contributed by atoms with Crippen molar-refractivity contribution in [2.24, 2.45) is 0 Å². The van der Waals surface area contributed by atoms with Gasteiger partial charge >= 0.3 is 0 Å². The van der Waals surface area contributed by atoms with E-state index in [1.54, 1.807) is 18.2 Å². The first-order chi connectivity index (χ1) is 12.7. The number of unbranched alkanes of at least 4 members (excludes halogenated alkanes) is 1.